The molecule has 0 saturated carbocycles. The van der Waals surface area contributed by atoms with Crippen molar-refractivity contribution >= 4 is 5.97 Å². The van der Waals surface area contributed by atoms with Gasteiger partial charge in [0.25, 0.3) is 0 Å². The minimum Gasteiger partial charge on any atom is -0.427 e. The highest BCUT2D eigenvalue weighted by Crippen LogP contribution is 2.41. The van der Waals surface area contributed by atoms with Crippen LogP contribution in [0.3, 0.4) is 0 Å². The second-order valence-electron chi connectivity index (χ2n) is 3.48. The largest absolute Gasteiger partial charge is 0.427 e. The SMILES string of the molecule is CC=C(CC)C(=O)OC1(CC)OC1C. The molecule has 3 heteroatoms. The summed E-state index contributed by atoms with van der Waals surface area (Å²) in [5.74, 6) is -0.887. The Bertz CT molecular complexity index is 253. The topological polar surface area (TPSA) is 38.8 Å². The summed E-state index contributed by atoms with van der Waals surface area (Å²) in [6.45, 7) is 7.65. The number of hydrogen-bond acceptors (Lipinski definition) is 3. The van der Waals surface area contributed by atoms with Crippen LogP contribution >= 0.6 is 0 Å². The van der Waals surface area contributed by atoms with E-state index in [9.17, 15) is 4.79 Å². The van der Waals surface area contributed by atoms with E-state index >= 15 is 0 Å². The lowest BCUT2D eigenvalue weighted by atomic mass is 10.2. The van der Waals surface area contributed by atoms with Gasteiger partial charge in [-0.15, -0.1) is 0 Å². The van der Waals surface area contributed by atoms with Crippen molar-refractivity contribution in [2.75, 3.05) is 0 Å². The molecule has 0 aromatic rings. The van der Waals surface area contributed by atoms with Gasteiger partial charge >= 0.3 is 5.97 Å². The summed E-state index contributed by atoms with van der Waals surface area (Å²) in [6.07, 6.45) is 3.23. The molecule has 1 saturated heterocycles. The van der Waals surface area contributed by atoms with Crippen LogP contribution in [0.25, 0.3) is 0 Å². The summed E-state index contributed by atoms with van der Waals surface area (Å²) >= 11 is 0. The zero-order chi connectivity index (χ0) is 10.8. The average molecular weight is 198 g/mol. The predicted molar refractivity (Wildman–Crippen MR) is 53.7 cm³/mol. The molecule has 0 aliphatic carbocycles. The summed E-state index contributed by atoms with van der Waals surface area (Å²) in [5, 5.41) is 0. The zero-order valence-electron chi connectivity index (χ0n) is 9.29. The molecule has 0 bridgehead atoms. The average Bonchev–Trinajstić information content (AvgIpc) is 2.79. The van der Waals surface area contributed by atoms with E-state index in [1.165, 1.54) is 0 Å². The van der Waals surface area contributed by atoms with Gasteiger partial charge in [-0.25, -0.2) is 4.79 Å². The third kappa shape index (κ3) is 1.98. The van der Waals surface area contributed by atoms with Crippen molar-refractivity contribution in [3.8, 4) is 0 Å². The van der Waals surface area contributed by atoms with Gasteiger partial charge in [0.05, 0.1) is 0 Å². The monoisotopic (exact) mass is 198 g/mol. The summed E-state index contributed by atoms with van der Waals surface area (Å²) in [6, 6.07) is 0. The second-order valence-corrected chi connectivity index (χ2v) is 3.48. The molecule has 3 nitrogen and oxygen atoms in total. The summed E-state index contributed by atoms with van der Waals surface area (Å²) in [5.41, 5.74) is 0.709. The molecular weight excluding hydrogens is 180 g/mol. The van der Waals surface area contributed by atoms with Gasteiger partial charge in [0.15, 0.2) is 0 Å². The maximum Gasteiger partial charge on any atom is 0.336 e. The molecule has 2 atom stereocenters. The number of carbonyl (C=O) groups excluding carboxylic acids is 1. The molecule has 1 heterocycles. The first-order valence-electron chi connectivity index (χ1n) is 5.16. The molecule has 80 valence electrons. The van der Waals surface area contributed by atoms with E-state index < -0.39 is 5.79 Å². The van der Waals surface area contributed by atoms with Gasteiger partial charge < -0.3 is 9.47 Å². The highest BCUT2D eigenvalue weighted by atomic mass is 16.8. The molecule has 1 aliphatic rings. The van der Waals surface area contributed by atoms with E-state index in [2.05, 4.69) is 0 Å². The van der Waals surface area contributed by atoms with E-state index in [4.69, 9.17) is 9.47 Å². The van der Waals surface area contributed by atoms with E-state index in [1.54, 1.807) is 6.08 Å². The van der Waals surface area contributed by atoms with Gasteiger partial charge in [0, 0.05) is 12.0 Å². The van der Waals surface area contributed by atoms with Crippen molar-refractivity contribution in [3.63, 3.8) is 0 Å². The maximum atomic E-state index is 11.6. The lowest BCUT2D eigenvalue weighted by molar-refractivity contribution is -0.154. The van der Waals surface area contributed by atoms with E-state index in [-0.39, 0.29) is 12.1 Å². The van der Waals surface area contributed by atoms with Crippen molar-refractivity contribution < 1.29 is 14.3 Å². The van der Waals surface area contributed by atoms with Crippen molar-refractivity contribution in [1.29, 1.82) is 0 Å². The fourth-order valence-corrected chi connectivity index (χ4v) is 1.50. The number of esters is 1. The first kappa shape index (κ1) is 11.2. The van der Waals surface area contributed by atoms with Crippen LogP contribution in [0.4, 0.5) is 0 Å². The van der Waals surface area contributed by atoms with Crippen LogP contribution in [0.15, 0.2) is 11.6 Å². The maximum absolute atomic E-state index is 11.6. The van der Waals surface area contributed by atoms with Crippen LogP contribution in [0.2, 0.25) is 0 Å². The van der Waals surface area contributed by atoms with Crippen LogP contribution in [-0.2, 0) is 14.3 Å². The Morgan fingerprint density at radius 2 is 2.14 bits per heavy atom. The Balaban J connectivity index is 2.57. The fourth-order valence-electron chi connectivity index (χ4n) is 1.50. The van der Waals surface area contributed by atoms with Crippen molar-refractivity contribution in [1.82, 2.24) is 0 Å². The minimum atomic E-state index is -0.638. The molecule has 0 aromatic heterocycles. The number of allylic oxidation sites excluding steroid dienone is 1. The predicted octanol–water partition coefficient (Wildman–Crippen LogP) is 2.41. The lowest BCUT2D eigenvalue weighted by Gasteiger charge is -2.12. The zero-order valence-corrected chi connectivity index (χ0v) is 9.29. The van der Waals surface area contributed by atoms with Gasteiger partial charge in [0.2, 0.25) is 5.79 Å². The van der Waals surface area contributed by atoms with Gasteiger partial charge in [-0.2, -0.15) is 0 Å². The molecular formula is C11H18O3. The first-order chi connectivity index (χ1) is 6.59. The van der Waals surface area contributed by atoms with Crippen LogP contribution in [-0.4, -0.2) is 17.9 Å². The number of carbonyl (C=O) groups is 1. The quantitative estimate of drug-likeness (QED) is 0.395. The number of hydrogen-bond donors (Lipinski definition) is 0. The number of epoxide rings is 1. The molecule has 0 N–H and O–H groups in total. The molecule has 1 rings (SSSR count). The third-order valence-corrected chi connectivity index (χ3v) is 2.69. The van der Waals surface area contributed by atoms with Gasteiger partial charge in [-0.05, 0) is 20.3 Å². The molecule has 0 radical (unpaired) electrons. The molecule has 1 aliphatic heterocycles. The van der Waals surface area contributed by atoms with E-state index in [0.717, 1.165) is 0 Å². The molecule has 14 heavy (non-hydrogen) atoms. The van der Waals surface area contributed by atoms with Gasteiger partial charge in [-0.3, -0.25) is 0 Å². The smallest absolute Gasteiger partial charge is 0.336 e. The highest BCUT2D eigenvalue weighted by molar-refractivity contribution is 5.88. The van der Waals surface area contributed by atoms with Crippen LogP contribution in [0.1, 0.15) is 40.5 Å². The van der Waals surface area contributed by atoms with Crippen molar-refractivity contribution in [2.45, 2.75) is 52.4 Å². The summed E-state index contributed by atoms with van der Waals surface area (Å²) in [7, 11) is 0. The Labute approximate surface area is 85.1 Å². The standard InChI is InChI=1S/C11H18O3/c1-5-9(6-2)10(12)14-11(7-3)8(4)13-11/h5,8H,6-7H2,1-4H3. The molecule has 0 spiro atoms. The summed E-state index contributed by atoms with van der Waals surface area (Å²) < 4.78 is 10.6. The van der Waals surface area contributed by atoms with Crippen molar-refractivity contribution in [2.24, 2.45) is 0 Å². The van der Waals surface area contributed by atoms with Crippen LogP contribution in [0.5, 0.6) is 0 Å². The van der Waals surface area contributed by atoms with E-state index in [1.807, 2.05) is 27.7 Å². The Morgan fingerprint density at radius 3 is 2.43 bits per heavy atom. The van der Waals surface area contributed by atoms with Crippen LogP contribution < -0.4 is 0 Å². The lowest BCUT2D eigenvalue weighted by Crippen LogP contribution is -2.23. The summed E-state index contributed by atoms with van der Waals surface area (Å²) in [4.78, 5) is 11.6. The Kier molecular flexibility index (Phi) is 3.32. The Hall–Kier alpha value is -0.830. The molecule has 0 amide bonds. The normalized spacial score (nSPS) is 31.4. The van der Waals surface area contributed by atoms with Crippen LogP contribution in [0, 0.1) is 0 Å². The van der Waals surface area contributed by atoms with Crippen molar-refractivity contribution in [3.05, 3.63) is 11.6 Å². The highest BCUT2D eigenvalue weighted by Gasteiger charge is 2.56. The second kappa shape index (κ2) is 4.13. The fraction of sp³-hybridized carbons (Fsp3) is 0.727. The molecule has 2 unspecified atom stereocenters. The number of rotatable bonds is 4. The minimum absolute atomic E-state index is 0.0337. The van der Waals surface area contributed by atoms with Gasteiger partial charge in [-0.1, -0.05) is 19.9 Å². The van der Waals surface area contributed by atoms with Gasteiger partial charge in [0.1, 0.15) is 6.10 Å². The molecule has 1 fully saturated rings. The Morgan fingerprint density at radius 1 is 1.57 bits per heavy atom. The molecule has 0 aromatic carbocycles. The third-order valence-electron chi connectivity index (χ3n) is 2.69. The van der Waals surface area contributed by atoms with E-state index in [0.29, 0.717) is 18.4 Å². The number of ether oxygens (including phenoxy) is 2. The first-order valence-corrected chi connectivity index (χ1v) is 5.16.